The number of hydrogen-bond donors (Lipinski definition) is 1. The van der Waals surface area contributed by atoms with E-state index in [0.717, 1.165) is 0 Å². The molecule has 27 heavy (non-hydrogen) atoms. The Morgan fingerprint density at radius 3 is 1.96 bits per heavy atom. The number of benzene rings is 2. The summed E-state index contributed by atoms with van der Waals surface area (Å²) in [5, 5.41) is 19.5. The van der Waals surface area contributed by atoms with Crippen LogP contribution < -0.4 is 0 Å². The van der Waals surface area contributed by atoms with Gasteiger partial charge >= 0.3 is 12.1 Å². The largest absolute Gasteiger partial charge is 0.477 e. The van der Waals surface area contributed by atoms with Crippen molar-refractivity contribution in [1.29, 1.82) is 0 Å². The van der Waals surface area contributed by atoms with E-state index in [1.807, 2.05) is 0 Å². The van der Waals surface area contributed by atoms with Gasteiger partial charge in [-0.15, -0.1) is 0 Å². The van der Waals surface area contributed by atoms with Gasteiger partial charge in [0.15, 0.2) is 23.3 Å². The molecule has 0 aliphatic rings. The van der Waals surface area contributed by atoms with Crippen LogP contribution in [0.2, 0.25) is 0 Å². The number of rotatable bonds is 4. The van der Waals surface area contributed by atoms with E-state index < -0.39 is 66.9 Å². The highest BCUT2D eigenvalue weighted by Crippen LogP contribution is 2.42. The topological polar surface area (TPSA) is 80.4 Å². The fraction of sp³-hybridized carbons (Fsp3) is 0.0714. The van der Waals surface area contributed by atoms with Gasteiger partial charge in [0.2, 0.25) is 0 Å². The summed E-state index contributed by atoms with van der Waals surface area (Å²) in [6.07, 6.45) is -4.95. The molecule has 2 aromatic carbocycles. The van der Waals surface area contributed by atoms with Crippen molar-refractivity contribution >= 4 is 23.4 Å². The second-order valence-corrected chi connectivity index (χ2v) is 5.86. The molecule has 13 heteroatoms. The van der Waals surface area contributed by atoms with Crippen LogP contribution in [0.1, 0.15) is 15.9 Å². The number of nitrogens with zero attached hydrogens (tertiary/aromatic N) is 1. The second-order valence-electron chi connectivity index (χ2n) is 4.80. The number of halogens is 7. The van der Waals surface area contributed by atoms with Gasteiger partial charge in [-0.3, -0.25) is 10.1 Å². The van der Waals surface area contributed by atoms with Gasteiger partial charge in [0.05, 0.1) is 20.3 Å². The van der Waals surface area contributed by atoms with E-state index in [9.17, 15) is 45.6 Å². The monoisotopic (exact) mass is 415 g/mol. The van der Waals surface area contributed by atoms with Crippen molar-refractivity contribution in [1.82, 2.24) is 0 Å². The maximum Gasteiger partial charge on any atom is 0.416 e. The average Bonchev–Trinajstić information content (AvgIpc) is 2.55. The summed E-state index contributed by atoms with van der Waals surface area (Å²) in [7, 11) is 0. The molecule has 0 aliphatic heterocycles. The van der Waals surface area contributed by atoms with E-state index in [0.29, 0.717) is 12.1 Å². The van der Waals surface area contributed by atoms with Gasteiger partial charge < -0.3 is 5.11 Å². The summed E-state index contributed by atoms with van der Waals surface area (Å²) in [5.74, 6) is -11.2. The highest BCUT2D eigenvalue weighted by atomic mass is 32.2. The van der Waals surface area contributed by atoms with Crippen LogP contribution in [0.5, 0.6) is 0 Å². The first-order chi connectivity index (χ1) is 12.4. The smallest absolute Gasteiger partial charge is 0.416 e. The Kier molecular flexibility index (Phi) is 5.35. The van der Waals surface area contributed by atoms with E-state index in [1.165, 1.54) is 0 Å². The predicted molar refractivity (Wildman–Crippen MR) is 75.5 cm³/mol. The average molecular weight is 415 g/mol. The Hall–Kier alpha value is -2.83. The van der Waals surface area contributed by atoms with Crippen LogP contribution in [0.25, 0.3) is 0 Å². The molecule has 5 nitrogen and oxygen atoms in total. The molecule has 2 rings (SSSR count). The first-order valence-electron chi connectivity index (χ1n) is 6.49. The highest BCUT2D eigenvalue weighted by Gasteiger charge is 2.34. The Labute approximate surface area is 148 Å². The standard InChI is InChI=1S/C14H4F7NO4S/c15-8-7(13(23)24)9(16)11(18)12(10(8)17)27-6-2-1-4(14(19,20)21)3-5(6)22(25)26/h1-3H,(H,23,24). The number of aromatic carboxylic acids is 1. The van der Waals surface area contributed by atoms with E-state index in [-0.39, 0.29) is 17.8 Å². The second kappa shape index (κ2) is 7.06. The summed E-state index contributed by atoms with van der Waals surface area (Å²) < 4.78 is 93.1. The van der Waals surface area contributed by atoms with Crippen molar-refractivity contribution in [2.45, 2.75) is 16.0 Å². The lowest BCUT2D eigenvalue weighted by Crippen LogP contribution is -2.11. The van der Waals surface area contributed by atoms with Crippen molar-refractivity contribution in [3.63, 3.8) is 0 Å². The minimum Gasteiger partial charge on any atom is -0.477 e. The fourth-order valence-corrected chi connectivity index (χ4v) is 2.87. The van der Waals surface area contributed by atoms with Gasteiger partial charge in [-0.25, -0.2) is 22.4 Å². The third-order valence-electron chi connectivity index (χ3n) is 3.13. The summed E-state index contributed by atoms with van der Waals surface area (Å²) in [5.41, 5.74) is -4.58. The summed E-state index contributed by atoms with van der Waals surface area (Å²) >= 11 is -0.268. The number of alkyl halides is 3. The molecule has 0 amide bonds. The number of hydrogen-bond acceptors (Lipinski definition) is 4. The minimum atomic E-state index is -4.95. The molecule has 0 aliphatic carbocycles. The Bertz CT molecular complexity index is 932. The maximum absolute atomic E-state index is 13.9. The summed E-state index contributed by atoms with van der Waals surface area (Å²) in [6, 6.07) is 0.936. The molecule has 0 fully saturated rings. The SMILES string of the molecule is O=C(O)c1c(F)c(F)c(Sc2ccc(C(F)(F)F)cc2[N+](=O)[O-])c(F)c1F. The van der Waals surface area contributed by atoms with Gasteiger partial charge in [-0.2, -0.15) is 13.2 Å². The maximum atomic E-state index is 13.9. The van der Waals surface area contributed by atoms with Crippen LogP contribution in [0.15, 0.2) is 28.0 Å². The quantitative estimate of drug-likeness (QED) is 0.328. The van der Waals surface area contributed by atoms with Gasteiger partial charge in [-0.05, 0) is 12.1 Å². The lowest BCUT2D eigenvalue weighted by Gasteiger charge is -2.11. The van der Waals surface area contributed by atoms with E-state index in [2.05, 4.69) is 0 Å². The molecule has 0 radical (unpaired) electrons. The first-order valence-corrected chi connectivity index (χ1v) is 7.30. The molecule has 1 N–H and O–H groups in total. The molecule has 144 valence electrons. The molecule has 0 heterocycles. The molecule has 0 saturated carbocycles. The van der Waals surface area contributed by atoms with Crippen molar-refractivity contribution in [2.24, 2.45) is 0 Å². The number of carboxylic acid groups (broad SMARTS) is 1. The molecular formula is C14H4F7NO4S. The normalized spacial score (nSPS) is 11.5. The Morgan fingerprint density at radius 1 is 1.04 bits per heavy atom. The lowest BCUT2D eigenvalue weighted by molar-refractivity contribution is -0.388. The zero-order chi connectivity index (χ0) is 20.7. The highest BCUT2D eigenvalue weighted by molar-refractivity contribution is 7.99. The van der Waals surface area contributed by atoms with Gasteiger partial charge in [0.25, 0.3) is 5.69 Å². The Balaban J connectivity index is 2.64. The van der Waals surface area contributed by atoms with E-state index >= 15 is 0 Å². The molecule has 0 saturated heterocycles. The third kappa shape index (κ3) is 3.82. The van der Waals surface area contributed by atoms with Crippen LogP contribution >= 0.6 is 11.8 Å². The predicted octanol–water partition coefficient (Wildman–Crippen LogP) is 5.02. The van der Waals surface area contributed by atoms with Gasteiger partial charge in [-0.1, -0.05) is 11.8 Å². The number of nitro benzene ring substituents is 1. The third-order valence-corrected chi connectivity index (χ3v) is 4.26. The number of carbonyl (C=O) groups is 1. The van der Waals surface area contributed by atoms with Crippen molar-refractivity contribution in [2.75, 3.05) is 0 Å². The van der Waals surface area contributed by atoms with E-state index in [1.54, 1.807) is 0 Å². The van der Waals surface area contributed by atoms with Crippen LogP contribution in [-0.4, -0.2) is 16.0 Å². The van der Waals surface area contributed by atoms with Crippen LogP contribution in [0, 0.1) is 33.4 Å². The zero-order valence-corrected chi connectivity index (χ0v) is 13.2. The lowest BCUT2D eigenvalue weighted by atomic mass is 10.2. The van der Waals surface area contributed by atoms with Crippen LogP contribution in [-0.2, 0) is 6.18 Å². The fourth-order valence-electron chi connectivity index (χ4n) is 1.92. The van der Waals surface area contributed by atoms with Crippen molar-refractivity contribution in [3.8, 4) is 0 Å². The molecule has 0 spiro atoms. The van der Waals surface area contributed by atoms with E-state index in [4.69, 9.17) is 5.11 Å². The molecular weight excluding hydrogens is 411 g/mol. The van der Waals surface area contributed by atoms with Gasteiger partial charge in [0, 0.05) is 6.07 Å². The first kappa shape index (κ1) is 20.5. The number of carboxylic acids is 1. The molecule has 2 aromatic rings. The van der Waals surface area contributed by atoms with Crippen molar-refractivity contribution < 1.29 is 45.6 Å². The summed E-state index contributed by atoms with van der Waals surface area (Å²) in [4.78, 5) is 18.1. The van der Waals surface area contributed by atoms with Crippen LogP contribution in [0.4, 0.5) is 36.4 Å². The molecule has 0 unspecified atom stereocenters. The molecule has 0 atom stereocenters. The van der Waals surface area contributed by atoms with Crippen molar-refractivity contribution in [3.05, 3.63) is 62.7 Å². The minimum absolute atomic E-state index is 0.0798. The molecule has 0 aromatic heterocycles. The van der Waals surface area contributed by atoms with Gasteiger partial charge in [0.1, 0.15) is 5.56 Å². The zero-order valence-electron chi connectivity index (χ0n) is 12.4. The summed E-state index contributed by atoms with van der Waals surface area (Å²) in [6.45, 7) is 0. The van der Waals surface area contributed by atoms with Crippen LogP contribution in [0.3, 0.4) is 0 Å². The number of nitro groups is 1. The Morgan fingerprint density at radius 2 is 1.56 bits per heavy atom. The molecule has 0 bridgehead atoms.